The summed E-state index contributed by atoms with van der Waals surface area (Å²) in [6.45, 7) is 4.58. The highest BCUT2D eigenvalue weighted by Gasteiger charge is 1.98. The number of hydrogen-bond donors (Lipinski definition) is 0. The van der Waals surface area contributed by atoms with Crippen LogP contribution < -0.4 is 0 Å². The molecule has 0 fully saturated rings. The van der Waals surface area contributed by atoms with Gasteiger partial charge in [-0.3, -0.25) is 0 Å². The van der Waals surface area contributed by atoms with E-state index in [1.54, 1.807) is 0 Å². The molecule has 0 rings (SSSR count). The Hall–Kier alpha value is 0.480. The van der Waals surface area contributed by atoms with Crippen molar-refractivity contribution in [3.63, 3.8) is 0 Å². The Bertz CT molecular complexity index is 417. The zero-order chi connectivity index (χ0) is 29.0. The summed E-state index contributed by atoms with van der Waals surface area (Å²) in [7, 11) is 0. The number of alkyl halides is 1. The highest BCUT2D eigenvalue weighted by Crippen LogP contribution is 2.17. The molecule has 242 valence electrons. The molecule has 0 heterocycles. The Kier molecular flexibility index (Phi) is 38.0. The maximum Gasteiger partial charge on any atom is 0.0117 e. The lowest BCUT2D eigenvalue weighted by molar-refractivity contribution is 0.510. The average Bonchev–Trinajstić information content (AvgIpc) is 2.95. The van der Waals surface area contributed by atoms with Crippen LogP contribution in [0.5, 0.6) is 0 Å². The molecule has 0 amide bonds. The molecule has 1 heteroatoms. The van der Waals surface area contributed by atoms with Crippen molar-refractivity contribution in [2.45, 2.75) is 250 Å². The van der Waals surface area contributed by atoms with Gasteiger partial charge in [-0.1, -0.05) is 255 Å². The monoisotopic (exact) mass is 627 g/mol. The third-order valence-corrected chi connectivity index (χ3v) is 9.66. The predicted molar refractivity (Wildman–Crippen MR) is 190 cm³/mol. The highest BCUT2D eigenvalue weighted by molar-refractivity contribution is 9.09. The topological polar surface area (TPSA) is 0 Å². The molecule has 0 aromatic rings. The minimum atomic E-state index is 0.709. The Morgan fingerprint density at radius 1 is 0.275 bits per heavy atom. The van der Waals surface area contributed by atoms with Gasteiger partial charge in [-0.05, 0) is 6.42 Å². The van der Waals surface area contributed by atoms with Gasteiger partial charge < -0.3 is 0 Å². The van der Waals surface area contributed by atoms with Gasteiger partial charge in [-0.15, -0.1) is 0 Å². The molecule has 0 N–H and O–H groups in total. The van der Waals surface area contributed by atoms with Crippen molar-refractivity contribution in [2.75, 3.05) is 0 Å². The summed E-state index contributed by atoms with van der Waals surface area (Å²) in [5, 5.41) is 0. The van der Waals surface area contributed by atoms with Crippen molar-refractivity contribution in [1.82, 2.24) is 0 Å². The Morgan fingerprint density at radius 3 is 0.575 bits per heavy atom. The second-order valence-corrected chi connectivity index (χ2v) is 15.2. The van der Waals surface area contributed by atoms with Crippen LogP contribution in [0.1, 0.15) is 245 Å². The quantitative estimate of drug-likeness (QED) is 0.0479. The molecule has 1 atom stereocenters. The Morgan fingerprint density at radius 2 is 0.425 bits per heavy atom. The van der Waals surface area contributed by atoms with Crippen LogP contribution in [-0.2, 0) is 0 Å². The summed E-state index contributed by atoms with van der Waals surface area (Å²) >= 11 is 3.65. The third-order valence-electron chi connectivity index (χ3n) is 9.21. The molecule has 1 unspecified atom stereocenters. The lowest BCUT2D eigenvalue weighted by Crippen LogP contribution is -1.89. The van der Waals surface area contributed by atoms with Gasteiger partial charge in [0.05, 0.1) is 0 Å². The summed E-state index contributed by atoms with van der Waals surface area (Å²) in [5.41, 5.74) is 0. The van der Waals surface area contributed by atoms with Crippen molar-refractivity contribution >= 4 is 15.9 Å². The van der Waals surface area contributed by atoms with Gasteiger partial charge in [0, 0.05) is 4.83 Å². The number of halogens is 1. The van der Waals surface area contributed by atoms with Crippen molar-refractivity contribution in [3.05, 3.63) is 0 Å². The van der Waals surface area contributed by atoms with Crippen molar-refractivity contribution in [2.24, 2.45) is 0 Å². The maximum atomic E-state index is 3.65. The lowest BCUT2D eigenvalue weighted by atomic mass is 10.0. The molecule has 0 aromatic heterocycles. The first-order valence-electron chi connectivity index (χ1n) is 19.4. The second-order valence-electron chi connectivity index (χ2n) is 13.6. The van der Waals surface area contributed by atoms with Crippen LogP contribution >= 0.6 is 15.9 Å². The van der Waals surface area contributed by atoms with E-state index in [2.05, 4.69) is 29.8 Å². The van der Waals surface area contributed by atoms with E-state index in [1.165, 1.54) is 231 Å². The van der Waals surface area contributed by atoms with Gasteiger partial charge in [-0.25, -0.2) is 0 Å². The average molecular weight is 628 g/mol. The molecule has 0 aromatic carbocycles. The lowest BCUT2D eigenvalue weighted by Gasteiger charge is -2.05. The van der Waals surface area contributed by atoms with Crippen LogP contribution in [0.2, 0.25) is 0 Å². The minimum absolute atomic E-state index is 0.709. The molecule has 0 saturated heterocycles. The molecule has 0 nitrogen and oxygen atoms in total. The van der Waals surface area contributed by atoms with E-state index < -0.39 is 0 Å². The van der Waals surface area contributed by atoms with Gasteiger partial charge >= 0.3 is 0 Å². The van der Waals surface area contributed by atoms with E-state index >= 15 is 0 Å². The molecule has 0 spiro atoms. The van der Waals surface area contributed by atoms with E-state index in [0.717, 1.165) is 0 Å². The first-order valence-corrected chi connectivity index (χ1v) is 20.3. The van der Waals surface area contributed by atoms with Gasteiger partial charge in [0.2, 0.25) is 0 Å². The second kappa shape index (κ2) is 37.5. The standard InChI is InChI=1S/C39H79Br/c1-3-4-5-6-7-8-9-10-11-12-13-14-15-16-17-18-19-20-21-22-23-24-25-26-27-28-29-30-31-32-33-34-35-36-37-38-39(2)40/h39H,3-38H2,1-2H3. The van der Waals surface area contributed by atoms with Crippen LogP contribution in [0, 0.1) is 0 Å². The third kappa shape index (κ3) is 38.5. The van der Waals surface area contributed by atoms with E-state index in [0.29, 0.717) is 4.83 Å². The summed E-state index contributed by atoms with van der Waals surface area (Å²) in [6.07, 6.45) is 53.1. The molecule has 0 saturated carbocycles. The largest absolute Gasteiger partial charge is 0.0894 e. The number of hydrogen-bond acceptors (Lipinski definition) is 0. The van der Waals surface area contributed by atoms with E-state index in [9.17, 15) is 0 Å². The fraction of sp³-hybridized carbons (Fsp3) is 1.00. The highest BCUT2D eigenvalue weighted by atomic mass is 79.9. The molecule has 0 aliphatic rings. The van der Waals surface area contributed by atoms with Crippen molar-refractivity contribution < 1.29 is 0 Å². The van der Waals surface area contributed by atoms with Gasteiger partial charge in [-0.2, -0.15) is 0 Å². The van der Waals surface area contributed by atoms with Gasteiger partial charge in [0.1, 0.15) is 0 Å². The van der Waals surface area contributed by atoms with E-state index in [1.807, 2.05) is 0 Å². The minimum Gasteiger partial charge on any atom is -0.0894 e. The van der Waals surface area contributed by atoms with Crippen molar-refractivity contribution in [3.8, 4) is 0 Å². The van der Waals surface area contributed by atoms with Crippen LogP contribution in [0.15, 0.2) is 0 Å². The maximum absolute atomic E-state index is 3.65. The Balaban J connectivity index is 3.02. The van der Waals surface area contributed by atoms with E-state index in [-0.39, 0.29) is 0 Å². The Labute approximate surface area is 264 Å². The van der Waals surface area contributed by atoms with Crippen LogP contribution in [0.4, 0.5) is 0 Å². The van der Waals surface area contributed by atoms with Gasteiger partial charge in [0.15, 0.2) is 0 Å². The van der Waals surface area contributed by atoms with Crippen LogP contribution in [-0.4, -0.2) is 4.83 Å². The smallest absolute Gasteiger partial charge is 0.0117 e. The number of unbranched alkanes of at least 4 members (excludes halogenated alkanes) is 34. The van der Waals surface area contributed by atoms with Crippen LogP contribution in [0.25, 0.3) is 0 Å². The fourth-order valence-electron chi connectivity index (χ4n) is 6.33. The molecular formula is C39H79Br. The molecule has 0 aliphatic carbocycles. The molecule has 0 bridgehead atoms. The first kappa shape index (κ1) is 40.5. The van der Waals surface area contributed by atoms with Crippen molar-refractivity contribution in [1.29, 1.82) is 0 Å². The first-order chi connectivity index (χ1) is 19.8. The normalized spacial score (nSPS) is 12.4. The molecular weight excluding hydrogens is 548 g/mol. The fourth-order valence-corrected chi connectivity index (χ4v) is 6.66. The summed E-state index contributed by atoms with van der Waals surface area (Å²) in [6, 6.07) is 0. The summed E-state index contributed by atoms with van der Waals surface area (Å²) < 4.78 is 0. The zero-order valence-electron chi connectivity index (χ0n) is 28.4. The summed E-state index contributed by atoms with van der Waals surface area (Å²) in [5.74, 6) is 0. The van der Waals surface area contributed by atoms with Gasteiger partial charge in [0.25, 0.3) is 0 Å². The SMILES string of the molecule is CCCCCCCCCCCCCCCCCCCCCCCCCCCCCCCCCCCCCC(C)Br. The molecule has 0 radical (unpaired) electrons. The van der Waals surface area contributed by atoms with E-state index in [4.69, 9.17) is 0 Å². The predicted octanol–water partition coefficient (Wildman–Crippen LogP) is 15.8. The summed E-state index contributed by atoms with van der Waals surface area (Å²) in [4.78, 5) is 0.709. The zero-order valence-corrected chi connectivity index (χ0v) is 30.0. The number of rotatable bonds is 36. The molecule has 0 aliphatic heterocycles. The molecule has 40 heavy (non-hydrogen) atoms. The van der Waals surface area contributed by atoms with Crippen LogP contribution in [0.3, 0.4) is 0 Å².